The third-order valence-electron chi connectivity index (χ3n) is 4.44. The van der Waals surface area contributed by atoms with Crippen molar-refractivity contribution in [2.75, 3.05) is 26.2 Å². The smallest absolute Gasteiger partial charge is 0.119 e. The van der Waals surface area contributed by atoms with Gasteiger partial charge in [0.25, 0.3) is 0 Å². The van der Waals surface area contributed by atoms with E-state index in [0.29, 0.717) is 0 Å². The van der Waals surface area contributed by atoms with Crippen LogP contribution in [0, 0.1) is 0 Å². The Morgan fingerprint density at radius 1 is 0.895 bits per heavy atom. The highest BCUT2D eigenvalue weighted by atomic mass is 16.5. The minimum Gasteiger partial charge on any atom is -0.492 e. The molecule has 104 valence electrons. The topological polar surface area (TPSA) is 12.5 Å². The first-order valence-electron chi connectivity index (χ1n) is 7.89. The Bertz CT molecular complexity index is 410. The minimum absolute atomic E-state index is 0.832. The molecule has 0 aromatic heterocycles. The molecule has 2 aliphatic rings. The first-order chi connectivity index (χ1) is 9.42. The van der Waals surface area contributed by atoms with Gasteiger partial charge >= 0.3 is 0 Å². The predicted molar refractivity (Wildman–Crippen MR) is 78.9 cm³/mol. The zero-order valence-electron chi connectivity index (χ0n) is 11.9. The Morgan fingerprint density at radius 3 is 2.53 bits per heavy atom. The molecule has 1 aliphatic heterocycles. The van der Waals surface area contributed by atoms with E-state index in [-0.39, 0.29) is 0 Å². The van der Waals surface area contributed by atoms with E-state index < -0.39 is 0 Å². The van der Waals surface area contributed by atoms with Crippen molar-refractivity contribution in [1.82, 2.24) is 4.90 Å². The van der Waals surface area contributed by atoms with Gasteiger partial charge in [-0.25, -0.2) is 0 Å². The van der Waals surface area contributed by atoms with E-state index in [1.54, 1.807) is 0 Å². The number of likely N-dealkylation sites (tertiary alicyclic amines) is 1. The fourth-order valence-corrected chi connectivity index (χ4v) is 3.28. The summed E-state index contributed by atoms with van der Waals surface area (Å²) in [6.45, 7) is 4.43. The van der Waals surface area contributed by atoms with Crippen LogP contribution in [0.4, 0.5) is 0 Å². The number of hydrogen-bond acceptors (Lipinski definition) is 2. The maximum absolute atomic E-state index is 5.93. The van der Waals surface area contributed by atoms with Crippen LogP contribution < -0.4 is 4.74 Å². The molecule has 0 saturated carbocycles. The summed E-state index contributed by atoms with van der Waals surface area (Å²) >= 11 is 0. The lowest BCUT2D eigenvalue weighted by molar-refractivity contribution is 0.183. The number of fused-ring (bicyclic) bond motifs is 1. The average Bonchev–Trinajstić information content (AvgIpc) is 2.48. The summed E-state index contributed by atoms with van der Waals surface area (Å²) in [5.74, 6) is 1.07. The molecule has 1 aliphatic carbocycles. The molecule has 0 N–H and O–H groups in total. The third-order valence-corrected chi connectivity index (χ3v) is 4.44. The van der Waals surface area contributed by atoms with Crippen molar-refractivity contribution in [3.8, 4) is 5.75 Å². The molecule has 1 saturated heterocycles. The van der Waals surface area contributed by atoms with Crippen LogP contribution >= 0.6 is 0 Å². The van der Waals surface area contributed by atoms with Gasteiger partial charge in [-0.1, -0.05) is 12.5 Å². The number of hydrogen-bond donors (Lipinski definition) is 0. The van der Waals surface area contributed by atoms with Crippen LogP contribution in [-0.2, 0) is 12.8 Å². The van der Waals surface area contributed by atoms with E-state index in [4.69, 9.17) is 4.74 Å². The van der Waals surface area contributed by atoms with Crippen molar-refractivity contribution in [2.24, 2.45) is 0 Å². The molecule has 3 rings (SSSR count). The maximum atomic E-state index is 5.93. The highest BCUT2D eigenvalue weighted by Crippen LogP contribution is 2.25. The van der Waals surface area contributed by atoms with Crippen molar-refractivity contribution in [1.29, 1.82) is 0 Å². The number of ether oxygens (including phenoxy) is 1. The van der Waals surface area contributed by atoms with E-state index in [1.807, 2.05) is 0 Å². The Kier molecular flexibility index (Phi) is 4.39. The molecule has 0 amide bonds. The maximum Gasteiger partial charge on any atom is 0.119 e. The quantitative estimate of drug-likeness (QED) is 0.821. The van der Waals surface area contributed by atoms with Crippen LogP contribution in [0.1, 0.15) is 43.2 Å². The van der Waals surface area contributed by atoms with Gasteiger partial charge in [-0.15, -0.1) is 0 Å². The van der Waals surface area contributed by atoms with Crippen molar-refractivity contribution in [3.63, 3.8) is 0 Å². The van der Waals surface area contributed by atoms with Gasteiger partial charge in [-0.05, 0) is 74.9 Å². The summed E-state index contributed by atoms with van der Waals surface area (Å²) in [7, 11) is 0. The lowest BCUT2D eigenvalue weighted by atomic mass is 9.92. The Hall–Kier alpha value is -1.02. The standard InChI is InChI=1S/C17H25NO/c1-4-10-18(11-5-1)12-13-19-17-9-8-15-6-2-3-7-16(15)14-17/h8-9,14H,1-7,10-13H2. The number of piperidine rings is 1. The fraction of sp³-hybridized carbons (Fsp3) is 0.647. The molecule has 0 atom stereocenters. The van der Waals surface area contributed by atoms with E-state index in [2.05, 4.69) is 23.1 Å². The normalized spacial score (nSPS) is 20.0. The van der Waals surface area contributed by atoms with Gasteiger partial charge in [0, 0.05) is 6.54 Å². The minimum atomic E-state index is 0.832. The van der Waals surface area contributed by atoms with Crippen LogP contribution in [0.3, 0.4) is 0 Å². The first kappa shape index (κ1) is 13.0. The molecular weight excluding hydrogens is 234 g/mol. The highest BCUT2D eigenvalue weighted by molar-refractivity contribution is 5.37. The highest BCUT2D eigenvalue weighted by Gasteiger charge is 2.11. The van der Waals surface area contributed by atoms with Crippen LogP contribution in [0.5, 0.6) is 5.75 Å². The fourth-order valence-electron chi connectivity index (χ4n) is 3.28. The van der Waals surface area contributed by atoms with Gasteiger partial charge in [-0.2, -0.15) is 0 Å². The van der Waals surface area contributed by atoms with Crippen molar-refractivity contribution < 1.29 is 4.74 Å². The number of nitrogens with zero attached hydrogens (tertiary/aromatic N) is 1. The molecule has 0 radical (unpaired) electrons. The molecule has 0 bridgehead atoms. The Balaban J connectivity index is 1.49. The summed E-state index contributed by atoms with van der Waals surface area (Å²) < 4.78 is 5.93. The van der Waals surface area contributed by atoms with E-state index in [9.17, 15) is 0 Å². The zero-order valence-corrected chi connectivity index (χ0v) is 11.9. The van der Waals surface area contributed by atoms with Crippen LogP contribution in [0.15, 0.2) is 18.2 Å². The predicted octanol–water partition coefficient (Wildman–Crippen LogP) is 3.43. The Labute approximate surface area is 116 Å². The van der Waals surface area contributed by atoms with E-state index in [1.165, 1.54) is 69.2 Å². The summed E-state index contributed by atoms with van der Waals surface area (Å²) in [6.07, 6.45) is 9.30. The largest absolute Gasteiger partial charge is 0.492 e. The molecule has 0 spiro atoms. The van der Waals surface area contributed by atoms with Gasteiger partial charge in [0.15, 0.2) is 0 Å². The van der Waals surface area contributed by atoms with Gasteiger partial charge in [0.1, 0.15) is 12.4 Å². The molecular formula is C17H25NO. The number of rotatable bonds is 4. The molecule has 1 heterocycles. The van der Waals surface area contributed by atoms with Crippen LogP contribution in [0.2, 0.25) is 0 Å². The lowest BCUT2D eigenvalue weighted by Crippen LogP contribution is -2.33. The average molecular weight is 259 g/mol. The Morgan fingerprint density at radius 2 is 1.68 bits per heavy atom. The second-order valence-electron chi connectivity index (χ2n) is 5.89. The third kappa shape index (κ3) is 3.50. The van der Waals surface area contributed by atoms with E-state index in [0.717, 1.165) is 18.9 Å². The molecule has 1 fully saturated rings. The van der Waals surface area contributed by atoms with Gasteiger partial charge in [0.05, 0.1) is 0 Å². The van der Waals surface area contributed by atoms with Gasteiger partial charge < -0.3 is 4.74 Å². The van der Waals surface area contributed by atoms with E-state index >= 15 is 0 Å². The molecule has 1 aromatic rings. The van der Waals surface area contributed by atoms with Crippen LogP contribution in [0.25, 0.3) is 0 Å². The SMILES string of the molecule is c1cc2c(cc1OCCN1CCCCC1)CCCC2. The number of benzene rings is 1. The van der Waals surface area contributed by atoms with Gasteiger partial charge in [-0.3, -0.25) is 4.90 Å². The summed E-state index contributed by atoms with van der Waals surface area (Å²) in [5, 5.41) is 0. The van der Waals surface area contributed by atoms with Crippen LogP contribution in [-0.4, -0.2) is 31.1 Å². The van der Waals surface area contributed by atoms with Gasteiger partial charge in [0.2, 0.25) is 0 Å². The summed E-state index contributed by atoms with van der Waals surface area (Å²) in [5.41, 5.74) is 3.05. The first-order valence-corrected chi connectivity index (χ1v) is 7.89. The summed E-state index contributed by atoms with van der Waals surface area (Å²) in [4.78, 5) is 2.53. The molecule has 2 heteroatoms. The van der Waals surface area contributed by atoms with Crippen molar-refractivity contribution >= 4 is 0 Å². The molecule has 1 aromatic carbocycles. The zero-order chi connectivity index (χ0) is 12.9. The van der Waals surface area contributed by atoms with Crippen molar-refractivity contribution in [3.05, 3.63) is 29.3 Å². The van der Waals surface area contributed by atoms with Crippen molar-refractivity contribution in [2.45, 2.75) is 44.9 Å². The second-order valence-corrected chi connectivity index (χ2v) is 5.89. The molecule has 0 unspecified atom stereocenters. The molecule has 2 nitrogen and oxygen atoms in total. The summed E-state index contributed by atoms with van der Waals surface area (Å²) in [6, 6.07) is 6.69. The second kappa shape index (κ2) is 6.42. The lowest BCUT2D eigenvalue weighted by Gasteiger charge is -2.26. The monoisotopic (exact) mass is 259 g/mol. The molecule has 19 heavy (non-hydrogen) atoms. The number of aryl methyl sites for hydroxylation is 2.